The molecule has 2 aromatic carbocycles. The summed E-state index contributed by atoms with van der Waals surface area (Å²) >= 11 is 0. The number of nitrogens with zero attached hydrogens (tertiary/aromatic N) is 4. The topological polar surface area (TPSA) is 209 Å². The van der Waals surface area contributed by atoms with E-state index in [1.54, 1.807) is 27.5 Å². The van der Waals surface area contributed by atoms with Gasteiger partial charge in [0, 0.05) is 87.1 Å². The van der Waals surface area contributed by atoms with Gasteiger partial charge in [0.2, 0.25) is 5.75 Å². The molecule has 18 heteroatoms. The Bertz CT molecular complexity index is 1990. The van der Waals surface area contributed by atoms with Crippen molar-refractivity contribution in [2.75, 3.05) is 47.5 Å². The maximum atomic E-state index is 12.9. The van der Waals surface area contributed by atoms with E-state index in [0.29, 0.717) is 52.8 Å². The average Bonchev–Trinajstić information content (AvgIpc) is 3.20. The van der Waals surface area contributed by atoms with Gasteiger partial charge in [0.25, 0.3) is 0 Å². The normalized spacial score (nSPS) is 13.1. The van der Waals surface area contributed by atoms with E-state index in [9.17, 15) is 32.3 Å². The Morgan fingerprint density at radius 1 is 0.603 bits per heavy atom. The molecule has 0 atom stereocenters. The Kier molecular flexibility index (Phi) is 17.4. The van der Waals surface area contributed by atoms with Gasteiger partial charge >= 0.3 is 30.1 Å². The Hall–Kier alpha value is -6.79. The van der Waals surface area contributed by atoms with Crippen LogP contribution >= 0.6 is 0 Å². The van der Waals surface area contributed by atoms with Gasteiger partial charge in [-0.3, -0.25) is 19.8 Å². The molecule has 0 aliphatic carbocycles. The summed E-state index contributed by atoms with van der Waals surface area (Å²) in [4.78, 5) is 52.0. The number of halogens is 3. The Morgan fingerprint density at radius 2 is 0.983 bits per heavy atom. The smallest absolute Gasteiger partial charge is 0.416 e. The van der Waals surface area contributed by atoms with Gasteiger partial charge in [0.1, 0.15) is 0 Å². The fraction of sp³-hybridized carbons (Fsp3) is 0.250. The van der Waals surface area contributed by atoms with Gasteiger partial charge in [-0.1, -0.05) is 12.1 Å². The molecular formula is C40H41F3N4O11. The zero-order valence-electron chi connectivity index (χ0n) is 31.5. The van der Waals surface area contributed by atoms with E-state index >= 15 is 0 Å². The predicted octanol–water partition coefficient (Wildman–Crippen LogP) is 5.60. The number of hydrogen-bond donors (Lipinski definition) is 4. The van der Waals surface area contributed by atoms with Crippen molar-refractivity contribution in [3.05, 3.63) is 114 Å². The lowest BCUT2D eigenvalue weighted by Gasteiger charge is -2.34. The molecule has 1 aliphatic rings. The molecule has 0 spiro atoms. The average molecular weight is 811 g/mol. The molecule has 5 rings (SSSR count). The fourth-order valence-corrected chi connectivity index (χ4v) is 5.43. The van der Waals surface area contributed by atoms with Crippen LogP contribution in [0, 0.1) is 0 Å². The summed E-state index contributed by atoms with van der Waals surface area (Å²) in [6, 6.07) is 17.0. The Labute approximate surface area is 330 Å². The Balaban J connectivity index is 0.000000473. The van der Waals surface area contributed by atoms with Crippen LogP contribution in [0.4, 0.5) is 13.2 Å². The number of rotatable bonds is 13. The fourth-order valence-electron chi connectivity index (χ4n) is 5.43. The third kappa shape index (κ3) is 15.0. The standard InChI is InChI=1S/C32H33F3N4O3.2C4H4O4/c1-40-29-18-25(19-30(41-2)31(29)42-3)28-17-23(9-11-37-28)21-39-14-12-38(13-15-39)20-22-8-10-36-27(16-22)24-4-6-26(7-5-24)32(33,34)35;2*5-3(6)1-2-4(7)8/h4-11,16-19H,12-15,20-21H2,1-3H3;2*1-2H,(H,5,6)(H,7,8)/b;2*2-1-. The summed E-state index contributed by atoms with van der Waals surface area (Å²) < 4.78 is 55.2. The van der Waals surface area contributed by atoms with Gasteiger partial charge in [-0.25, -0.2) is 19.2 Å². The number of methoxy groups -OCH3 is 3. The number of alkyl halides is 3. The van der Waals surface area contributed by atoms with Crippen LogP contribution in [0.25, 0.3) is 22.5 Å². The number of carboxylic acids is 4. The van der Waals surface area contributed by atoms with E-state index in [1.165, 1.54) is 12.1 Å². The van der Waals surface area contributed by atoms with E-state index in [2.05, 4.69) is 25.8 Å². The van der Waals surface area contributed by atoms with Crippen LogP contribution in [0.2, 0.25) is 0 Å². The van der Waals surface area contributed by atoms with Gasteiger partial charge in [0.05, 0.1) is 38.3 Å². The second kappa shape index (κ2) is 22.1. The molecule has 0 bridgehead atoms. The first kappa shape index (κ1) is 45.6. The van der Waals surface area contributed by atoms with Crippen LogP contribution in [0.5, 0.6) is 17.2 Å². The number of hydrogen-bond acceptors (Lipinski definition) is 11. The highest BCUT2D eigenvalue weighted by Crippen LogP contribution is 2.41. The molecule has 2 aromatic heterocycles. The molecule has 1 saturated heterocycles. The minimum atomic E-state index is -4.35. The second-order valence-electron chi connectivity index (χ2n) is 12.2. The van der Waals surface area contributed by atoms with Crippen LogP contribution < -0.4 is 14.2 Å². The Morgan fingerprint density at radius 3 is 1.31 bits per heavy atom. The molecule has 4 N–H and O–H groups in total. The van der Waals surface area contributed by atoms with Crippen LogP contribution in [-0.2, 0) is 38.4 Å². The molecule has 3 heterocycles. The van der Waals surface area contributed by atoms with E-state index < -0.39 is 35.6 Å². The molecule has 0 amide bonds. The summed E-state index contributed by atoms with van der Waals surface area (Å²) in [7, 11) is 4.77. The highest BCUT2D eigenvalue weighted by atomic mass is 19.4. The molecule has 1 fully saturated rings. The van der Waals surface area contributed by atoms with Crippen molar-refractivity contribution in [1.29, 1.82) is 0 Å². The quantitative estimate of drug-likeness (QED) is 0.121. The lowest BCUT2D eigenvalue weighted by molar-refractivity contribution is -0.137. The van der Waals surface area contributed by atoms with Gasteiger partial charge in [-0.15, -0.1) is 0 Å². The predicted molar refractivity (Wildman–Crippen MR) is 203 cm³/mol. The first-order valence-corrected chi connectivity index (χ1v) is 17.1. The van der Waals surface area contributed by atoms with Crippen molar-refractivity contribution < 1.29 is 67.0 Å². The van der Waals surface area contributed by atoms with E-state index in [4.69, 9.17) is 34.6 Å². The third-order valence-corrected chi connectivity index (χ3v) is 8.13. The van der Waals surface area contributed by atoms with Crippen LogP contribution in [0.3, 0.4) is 0 Å². The largest absolute Gasteiger partial charge is 0.493 e. The molecule has 0 radical (unpaired) electrons. The highest BCUT2D eigenvalue weighted by Gasteiger charge is 2.30. The van der Waals surface area contributed by atoms with Gasteiger partial charge in [-0.2, -0.15) is 13.2 Å². The SMILES string of the molecule is COc1cc(-c2cc(CN3CCN(Cc4ccnc(-c5ccc(C(F)(F)F)cc5)c4)CC3)ccn2)cc(OC)c1OC.O=C(O)/C=C\C(=O)O.O=C(O)/C=C\C(=O)O. The van der Waals surface area contributed by atoms with E-state index in [-0.39, 0.29) is 0 Å². The number of pyridine rings is 2. The number of ether oxygens (including phenoxy) is 3. The van der Waals surface area contributed by atoms with Crippen LogP contribution in [-0.4, -0.2) is 112 Å². The summed E-state index contributed by atoms with van der Waals surface area (Å²) in [5.74, 6) is -3.33. The molecule has 58 heavy (non-hydrogen) atoms. The summed E-state index contributed by atoms with van der Waals surface area (Å²) in [6.07, 6.45) is 1.42. The molecule has 4 aromatic rings. The second-order valence-corrected chi connectivity index (χ2v) is 12.2. The van der Waals surface area contributed by atoms with Crippen molar-refractivity contribution in [2.24, 2.45) is 0 Å². The molecule has 0 unspecified atom stereocenters. The van der Waals surface area contributed by atoms with Crippen molar-refractivity contribution in [3.8, 4) is 39.8 Å². The summed E-state index contributed by atoms with van der Waals surface area (Å²) in [5.41, 5.74) is 4.62. The van der Waals surface area contributed by atoms with Gasteiger partial charge in [0.15, 0.2) is 11.5 Å². The van der Waals surface area contributed by atoms with Crippen molar-refractivity contribution in [1.82, 2.24) is 19.8 Å². The number of aliphatic carboxylic acids is 4. The third-order valence-electron chi connectivity index (χ3n) is 8.13. The lowest BCUT2D eigenvalue weighted by atomic mass is 10.1. The van der Waals surface area contributed by atoms with Crippen molar-refractivity contribution in [3.63, 3.8) is 0 Å². The molecular weight excluding hydrogens is 769 g/mol. The summed E-state index contributed by atoms with van der Waals surface area (Å²) in [6.45, 7) is 5.20. The number of piperazine rings is 1. The van der Waals surface area contributed by atoms with Crippen LogP contribution in [0.1, 0.15) is 16.7 Å². The van der Waals surface area contributed by atoms with E-state index in [1.807, 2.05) is 36.5 Å². The van der Waals surface area contributed by atoms with Crippen molar-refractivity contribution >= 4 is 23.9 Å². The van der Waals surface area contributed by atoms with E-state index in [0.717, 1.165) is 73.8 Å². The molecule has 0 saturated carbocycles. The van der Waals surface area contributed by atoms with Gasteiger partial charge in [-0.05, 0) is 59.7 Å². The maximum absolute atomic E-state index is 12.9. The number of carboxylic acid groups (broad SMARTS) is 4. The molecule has 1 aliphatic heterocycles. The number of aromatic nitrogens is 2. The zero-order chi connectivity index (χ0) is 42.8. The number of carbonyl (C=O) groups is 4. The van der Waals surface area contributed by atoms with Crippen LogP contribution in [0.15, 0.2) is 97.4 Å². The molecule has 308 valence electrons. The monoisotopic (exact) mass is 810 g/mol. The minimum absolute atomic E-state index is 0.542. The minimum Gasteiger partial charge on any atom is -0.493 e. The maximum Gasteiger partial charge on any atom is 0.416 e. The lowest BCUT2D eigenvalue weighted by Crippen LogP contribution is -2.45. The summed E-state index contributed by atoms with van der Waals surface area (Å²) in [5, 5.41) is 31.2. The van der Waals surface area contributed by atoms with Gasteiger partial charge < -0.3 is 34.6 Å². The first-order chi connectivity index (χ1) is 27.5. The first-order valence-electron chi connectivity index (χ1n) is 17.1. The zero-order valence-corrected chi connectivity index (χ0v) is 31.5. The van der Waals surface area contributed by atoms with Crippen molar-refractivity contribution in [2.45, 2.75) is 19.3 Å². The highest BCUT2D eigenvalue weighted by molar-refractivity contribution is 5.90. The number of benzene rings is 2. The molecule has 15 nitrogen and oxygen atoms in total.